The van der Waals surface area contributed by atoms with Crippen molar-refractivity contribution in [3.63, 3.8) is 0 Å². The number of aromatic hydroxyl groups is 1. The Kier molecular flexibility index (Phi) is 5.30. The quantitative estimate of drug-likeness (QED) is 0.819. The summed E-state index contributed by atoms with van der Waals surface area (Å²) >= 11 is 0. The average Bonchev–Trinajstić information content (AvgIpc) is 2.72. The standard InChI is InChI=1S/C22H25N3O3/c26-18-8-6-17(7-9-18)14-19-22(28)25-13-12-24(15-20(25)21(27)23-19)11-10-16-4-2-1-3-5-16/h1-9,19-20,26H,10-15H2,(H,23,27)/t19-,20+/m0/s1. The molecule has 0 radical (unpaired) electrons. The van der Waals surface area contributed by atoms with Crippen LogP contribution in [-0.2, 0) is 22.4 Å². The van der Waals surface area contributed by atoms with Crippen LogP contribution in [0.2, 0.25) is 0 Å². The van der Waals surface area contributed by atoms with Gasteiger partial charge in [0.05, 0.1) is 0 Å². The van der Waals surface area contributed by atoms with E-state index in [2.05, 4.69) is 22.3 Å². The molecule has 0 aromatic heterocycles. The summed E-state index contributed by atoms with van der Waals surface area (Å²) in [6.45, 7) is 2.83. The molecule has 2 heterocycles. The number of amides is 2. The molecule has 2 atom stereocenters. The van der Waals surface area contributed by atoms with Crippen molar-refractivity contribution in [2.45, 2.75) is 24.9 Å². The van der Waals surface area contributed by atoms with Crippen molar-refractivity contribution in [2.75, 3.05) is 26.2 Å². The molecule has 2 aliphatic rings. The van der Waals surface area contributed by atoms with Gasteiger partial charge in [0.25, 0.3) is 0 Å². The molecule has 0 unspecified atom stereocenters. The summed E-state index contributed by atoms with van der Waals surface area (Å²) in [5, 5.41) is 12.3. The van der Waals surface area contributed by atoms with Crippen molar-refractivity contribution in [1.82, 2.24) is 15.1 Å². The minimum absolute atomic E-state index is 0.0135. The lowest BCUT2D eigenvalue weighted by molar-refractivity contribution is -0.152. The summed E-state index contributed by atoms with van der Waals surface area (Å²) in [6, 6.07) is 16.1. The predicted octanol–water partition coefficient (Wildman–Crippen LogP) is 1.19. The maximum absolute atomic E-state index is 12.9. The largest absolute Gasteiger partial charge is 0.508 e. The number of carbonyl (C=O) groups excluding carboxylic acids is 2. The zero-order valence-corrected chi connectivity index (χ0v) is 15.8. The molecule has 4 rings (SSSR count). The van der Waals surface area contributed by atoms with Gasteiger partial charge < -0.3 is 15.3 Å². The SMILES string of the molecule is O=C1N[C@@H](Cc2ccc(O)cc2)C(=O)N2CCN(CCc3ccccc3)C[C@H]12. The van der Waals surface area contributed by atoms with Crippen molar-refractivity contribution in [2.24, 2.45) is 0 Å². The summed E-state index contributed by atoms with van der Waals surface area (Å²) in [5.41, 5.74) is 2.19. The highest BCUT2D eigenvalue weighted by atomic mass is 16.3. The first-order valence-corrected chi connectivity index (χ1v) is 9.75. The number of hydrogen-bond acceptors (Lipinski definition) is 4. The Morgan fingerprint density at radius 2 is 1.71 bits per heavy atom. The van der Waals surface area contributed by atoms with Crippen LogP contribution in [-0.4, -0.2) is 65.0 Å². The van der Waals surface area contributed by atoms with E-state index in [1.54, 1.807) is 29.2 Å². The monoisotopic (exact) mass is 379 g/mol. The Morgan fingerprint density at radius 3 is 2.46 bits per heavy atom. The van der Waals surface area contributed by atoms with Gasteiger partial charge in [0.1, 0.15) is 17.8 Å². The maximum Gasteiger partial charge on any atom is 0.246 e. The van der Waals surface area contributed by atoms with E-state index in [4.69, 9.17) is 0 Å². The second kappa shape index (κ2) is 8.02. The van der Waals surface area contributed by atoms with Crippen LogP contribution in [0.1, 0.15) is 11.1 Å². The molecule has 2 amide bonds. The van der Waals surface area contributed by atoms with Crippen LogP contribution in [0.25, 0.3) is 0 Å². The van der Waals surface area contributed by atoms with Gasteiger partial charge in [0.15, 0.2) is 0 Å². The van der Waals surface area contributed by atoms with E-state index in [1.807, 2.05) is 18.2 Å². The van der Waals surface area contributed by atoms with Crippen molar-refractivity contribution in [1.29, 1.82) is 0 Å². The molecule has 146 valence electrons. The zero-order valence-electron chi connectivity index (χ0n) is 15.8. The van der Waals surface area contributed by atoms with Crippen LogP contribution < -0.4 is 5.32 Å². The number of phenolic OH excluding ortho intramolecular Hbond substituents is 1. The normalized spacial score (nSPS) is 22.6. The number of nitrogens with one attached hydrogen (secondary N) is 1. The minimum Gasteiger partial charge on any atom is -0.508 e. The average molecular weight is 379 g/mol. The van der Waals surface area contributed by atoms with Gasteiger partial charge in [-0.1, -0.05) is 42.5 Å². The smallest absolute Gasteiger partial charge is 0.246 e. The summed E-state index contributed by atoms with van der Waals surface area (Å²) in [7, 11) is 0. The molecule has 6 heteroatoms. The number of carbonyl (C=O) groups is 2. The summed E-state index contributed by atoms with van der Waals surface area (Å²) in [5.74, 6) is 0.0996. The first kappa shape index (κ1) is 18.5. The minimum atomic E-state index is -0.538. The summed E-state index contributed by atoms with van der Waals surface area (Å²) < 4.78 is 0. The molecule has 2 N–H and O–H groups in total. The Bertz CT molecular complexity index is 838. The van der Waals surface area contributed by atoms with E-state index < -0.39 is 12.1 Å². The number of phenols is 1. The van der Waals surface area contributed by atoms with Gasteiger partial charge in [-0.05, 0) is 29.7 Å². The van der Waals surface area contributed by atoms with Crippen LogP contribution >= 0.6 is 0 Å². The third kappa shape index (κ3) is 4.02. The van der Waals surface area contributed by atoms with Gasteiger partial charge in [-0.3, -0.25) is 14.5 Å². The fraction of sp³-hybridized carbons (Fsp3) is 0.364. The van der Waals surface area contributed by atoms with Crippen LogP contribution in [0.15, 0.2) is 54.6 Å². The molecule has 0 aliphatic carbocycles. The second-order valence-electron chi connectivity index (χ2n) is 7.52. The Balaban J connectivity index is 1.36. The number of benzene rings is 2. The summed E-state index contributed by atoms with van der Waals surface area (Å²) in [6.07, 6.45) is 1.37. The second-order valence-corrected chi connectivity index (χ2v) is 7.52. The number of nitrogens with zero attached hydrogens (tertiary/aromatic N) is 2. The van der Waals surface area contributed by atoms with Crippen LogP contribution in [0, 0.1) is 0 Å². The Hall–Kier alpha value is -2.86. The van der Waals surface area contributed by atoms with Crippen molar-refractivity contribution >= 4 is 11.8 Å². The van der Waals surface area contributed by atoms with Crippen LogP contribution in [0.5, 0.6) is 5.75 Å². The molecule has 2 fully saturated rings. The van der Waals surface area contributed by atoms with Crippen molar-refractivity contribution in [3.8, 4) is 5.75 Å². The van der Waals surface area contributed by atoms with Gasteiger partial charge in [-0.2, -0.15) is 0 Å². The van der Waals surface area contributed by atoms with E-state index in [0.717, 1.165) is 25.1 Å². The highest BCUT2D eigenvalue weighted by molar-refractivity contribution is 5.97. The highest BCUT2D eigenvalue weighted by Crippen LogP contribution is 2.19. The van der Waals surface area contributed by atoms with Gasteiger partial charge in [0, 0.05) is 32.6 Å². The number of piperazine rings is 2. The molecular weight excluding hydrogens is 354 g/mol. The summed E-state index contributed by atoms with van der Waals surface area (Å²) in [4.78, 5) is 29.6. The molecule has 2 aromatic rings. The molecule has 28 heavy (non-hydrogen) atoms. The number of hydrogen-bond donors (Lipinski definition) is 2. The van der Waals surface area contributed by atoms with E-state index >= 15 is 0 Å². The third-order valence-corrected chi connectivity index (χ3v) is 5.60. The van der Waals surface area contributed by atoms with Gasteiger partial charge in [0.2, 0.25) is 11.8 Å². The van der Waals surface area contributed by atoms with E-state index in [1.165, 1.54) is 5.56 Å². The molecule has 2 saturated heterocycles. The molecular formula is C22H25N3O3. The molecule has 0 saturated carbocycles. The first-order valence-electron chi connectivity index (χ1n) is 9.75. The third-order valence-electron chi connectivity index (χ3n) is 5.60. The number of fused-ring (bicyclic) bond motifs is 1. The maximum atomic E-state index is 12.9. The molecule has 0 bridgehead atoms. The number of rotatable bonds is 5. The molecule has 2 aliphatic heterocycles. The lowest BCUT2D eigenvalue weighted by Crippen LogP contribution is -2.69. The molecule has 6 nitrogen and oxygen atoms in total. The first-order chi connectivity index (χ1) is 13.6. The fourth-order valence-corrected chi connectivity index (χ4v) is 4.00. The van der Waals surface area contributed by atoms with E-state index in [-0.39, 0.29) is 17.6 Å². The molecule has 2 aromatic carbocycles. The van der Waals surface area contributed by atoms with Crippen molar-refractivity contribution in [3.05, 3.63) is 65.7 Å². The lowest BCUT2D eigenvalue weighted by Gasteiger charge is -2.45. The lowest BCUT2D eigenvalue weighted by atomic mass is 9.98. The van der Waals surface area contributed by atoms with Gasteiger partial charge in [-0.15, -0.1) is 0 Å². The van der Waals surface area contributed by atoms with Crippen molar-refractivity contribution < 1.29 is 14.7 Å². The topological polar surface area (TPSA) is 72.9 Å². The highest BCUT2D eigenvalue weighted by Gasteiger charge is 2.43. The van der Waals surface area contributed by atoms with Crippen LogP contribution in [0.4, 0.5) is 0 Å². The van der Waals surface area contributed by atoms with E-state index in [9.17, 15) is 14.7 Å². The van der Waals surface area contributed by atoms with Gasteiger partial charge >= 0.3 is 0 Å². The Morgan fingerprint density at radius 1 is 0.964 bits per heavy atom. The molecule has 0 spiro atoms. The predicted molar refractivity (Wildman–Crippen MR) is 106 cm³/mol. The zero-order chi connectivity index (χ0) is 19.5. The van der Waals surface area contributed by atoms with Gasteiger partial charge in [-0.25, -0.2) is 0 Å². The van der Waals surface area contributed by atoms with Crippen LogP contribution in [0.3, 0.4) is 0 Å². The fourth-order valence-electron chi connectivity index (χ4n) is 4.00. The Labute approximate surface area is 164 Å². The van der Waals surface area contributed by atoms with E-state index in [0.29, 0.717) is 19.5 Å².